The van der Waals surface area contributed by atoms with Gasteiger partial charge in [-0.25, -0.2) is 14.6 Å². The normalized spacial score (nSPS) is 17.2. The van der Waals surface area contributed by atoms with Gasteiger partial charge in [0.05, 0.1) is 5.56 Å². The third-order valence-corrected chi connectivity index (χ3v) is 4.74. The van der Waals surface area contributed by atoms with E-state index in [4.69, 9.17) is 9.47 Å². The van der Waals surface area contributed by atoms with E-state index >= 15 is 0 Å². The number of carbonyl (C=O) groups excluding carboxylic acids is 3. The van der Waals surface area contributed by atoms with Crippen molar-refractivity contribution in [2.24, 2.45) is 5.92 Å². The number of amides is 2. The van der Waals surface area contributed by atoms with Gasteiger partial charge in [0, 0.05) is 18.8 Å². The molecule has 1 N–H and O–H groups in total. The number of nitrogens with one attached hydrogen (secondary N) is 1. The first-order valence-corrected chi connectivity index (χ1v) is 11.0. The van der Waals surface area contributed by atoms with Gasteiger partial charge in [-0.05, 0) is 78.9 Å². The maximum atomic E-state index is 13.1. The van der Waals surface area contributed by atoms with Gasteiger partial charge in [-0.2, -0.15) is 13.2 Å². The second-order valence-corrected chi connectivity index (χ2v) is 10.3. The number of aromatic nitrogens is 1. The summed E-state index contributed by atoms with van der Waals surface area (Å²) in [5.74, 6) is -2.66. The summed E-state index contributed by atoms with van der Waals surface area (Å²) in [6.07, 6.45) is -4.74. The summed E-state index contributed by atoms with van der Waals surface area (Å²) < 4.78 is 49.7. The summed E-state index contributed by atoms with van der Waals surface area (Å²) in [7, 11) is 0. The van der Waals surface area contributed by atoms with E-state index in [1.807, 2.05) is 0 Å². The van der Waals surface area contributed by atoms with Crippen molar-refractivity contribution in [3.63, 3.8) is 0 Å². The fourth-order valence-corrected chi connectivity index (χ4v) is 3.46. The van der Waals surface area contributed by atoms with E-state index in [0.717, 1.165) is 18.9 Å². The highest BCUT2D eigenvalue weighted by atomic mass is 19.4. The van der Waals surface area contributed by atoms with Gasteiger partial charge in [-0.3, -0.25) is 10.1 Å². The molecule has 1 saturated heterocycles. The zero-order chi connectivity index (χ0) is 25.9. The Balaban J connectivity index is 2.22. The molecule has 0 aromatic carbocycles. The molecular formula is C23H32F3N3O5. The Bertz CT molecular complexity index is 920. The van der Waals surface area contributed by atoms with E-state index in [9.17, 15) is 27.6 Å². The molecule has 0 saturated carbocycles. The largest absolute Gasteiger partial charge is 0.455 e. The number of rotatable bonds is 4. The van der Waals surface area contributed by atoms with Crippen LogP contribution in [-0.4, -0.2) is 58.3 Å². The number of pyridine rings is 1. The smallest absolute Gasteiger partial charge is 0.444 e. The molecule has 1 aromatic heterocycles. The molecule has 1 aliphatic rings. The van der Waals surface area contributed by atoms with Gasteiger partial charge in [0.25, 0.3) is 5.78 Å². The number of likely N-dealkylation sites (tertiary alicyclic amines) is 1. The van der Waals surface area contributed by atoms with Gasteiger partial charge in [0.1, 0.15) is 17.0 Å². The first-order valence-electron chi connectivity index (χ1n) is 11.0. The Morgan fingerprint density at radius 2 is 1.68 bits per heavy atom. The summed E-state index contributed by atoms with van der Waals surface area (Å²) in [5.41, 5.74) is -1.93. The Labute approximate surface area is 197 Å². The lowest BCUT2D eigenvalue weighted by molar-refractivity contribution is -0.0885. The van der Waals surface area contributed by atoms with Crippen LogP contribution in [-0.2, 0) is 15.9 Å². The predicted octanol–water partition coefficient (Wildman–Crippen LogP) is 5.36. The fourth-order valence-electron chi connectivity index (χ4n) is 3.46. The fraction of sp³-hybridized carbons (Fsp3) is 0.652. The maximum absolute atomic E-state index is 13.1. The van der Waals surface area contributed by atoms with Crippen LogP contribution in [0, 0.1) is 5.92 Å². The molecule has 34 heavy (non-hydrogen) atoms. The number of halogens is 3. The molecule has 0 spiro atoms. The van der Waals surface area contributed by atoms with E-state index < -0.39 is 46.7 Å². The van der Waals surface area contributed by atoms with Crippen molar-refractivity contribution >= 4 is 23.8 Å². The molecule has 8 nitrogen and oxygen atoms in total. The van der Waals surface area contributed by atoms with Crippen LogP contribution in [0.25, 0.3) is 0 Å². The first-order chi connectivity index (χ1) is 15.4. The van der Waals surface area contributed by atoms with E-state index in [1.54, 1.807) is 46.4 Å². The van der Waals surface area contributed by atoms with Crippen LogP contribution >= 0.6 is 0 Å². The van der Waals surface area contributed by atoms with Gasteiger partial charge in [0.2, 0.25) is 0 Å². The molecule has 1 atom stereocenters. The second kappa shape index (κ2) is 10.2. The topological polar surface area (TPSA) is 97.8 Å². The summed E-state index contributed by atoms with van der Waals surface area (Å²) >= 11 is 0. The number of ketones is 1. The number of hydrogen-bond acceptors (Lipinski definition) is 6. The molecule has 190 valence electrons. The SMILES string of the molecule is CC(C)(C)OC(=O)Nc1nc(CC2CCCN(C(=O)OC(C)(C)C)C2)ccc1C(=O)C(F)(F)F. The number of anilines is 1. The third kappa shape index (κ3) is 8.49. The molecule has 1 aromatic rings. The molecule has 0 bridgehead atoms. The van der Waals surface area contributed by atoms with Crippen LogP contribution in [0.5, 0.6) is 0 Å². The molecule has 2 heterocycles. The number of piperidine rings is 1. The second-order valence-electron chi connectivity index (χ2n) is 10.3. The van der Waals surface area contributed by atoms with Crippen molar-refractivity contribution in [1.82, 2.24) is 9.88 Å². The van der Waals surface area contributed by atoms with Crippen LogP contribution in [0.15, 0.2) is 12.1 Å². The van der Waals surface area contributed by atoms with Crippen molar-refractivity contribution in [1.29, 1.82) is 0 Å². The average molecular weight is 488 g/mol. The van der Waals surface area contributed by atoms with Crippen molar-refractivity contribution in [2.75, 3.05) is 18.4 Å². The zero-order valence-electron chi connectivity index (χ0n) is 20.3. The van der Waals surface area contributed by atoms with Crippen LogP contribution in [0.3, 0.4) is 0 Å². The molecule has 11 heteroatoms. The molecule has 2 rings (SSSR count). The number of carbonyl (C=O) groups is 3. The minimum atomic E-state index is -5.13. The summed E-state index contributed by atoms with van der Waals surface area (Å²) in [4.78, 5) is 42.2. The molecule has 2 amide bonds. The number of hydrogen-bond donors (Lipinski definition) is 1. The predicted molar refractivity (Wildman–Crippen MR) is 119 cm³/mol. The summed E-state index contributed by atoms with van der Waals surface area (Å²) in [6.45, 7) is 11.1. The highest BCUT2D eigenvalue weighted by molar-refractivity contribution is 6.06. The van der Waals surface area contributed by atoms with E-state index in [-0.39, 0.29) is 5.92 Å². The lowest BCUT2D eigenvalue weighted by Gasteiger charge is -2.34. The molecule has 1 fully saturated rings. The van der Waals surface area contributed by atoms with Crippen LogP contribution < -0.4 is 5.32 Å². The lowest BCUT2D eigenvalue weighted by atomic mass is 9.93. The van der Waals surface area contributed by atoms with Gasteiger partial charge in [-0.1, -0.05) is 0 Å². The number of ether oxygens (including phenoxy) is 2. The van der Waals surface area contributed by atoms with E-state index in [2.05, 4.69) is 10.3 Å². The Kier molecular flexibility index (Phi) is 8.21. The standard InChI is InChI=1S/C23H32F3N3O5/c1-21(2,3)33-19(31)28-18-16(17(30)23(24,25)26)10-9-15(27-18)12-14-8-7-11-29(13-14)20(32)34-22(4,5)6/h9-10,14H,7-8,11-13H2,1-6H3,(H,27,28,31). The minimum Gasteiger partial charge on any atom is -0.444 e. The monoisotopic (exact) mass is 487 g/mol. The minimum absolute atomic E-state index is 0.0210. The molecular weight excluding hydrogens is 455 g/mol. The Morgan fingerprint density at radius 3 is 2.24 bits per heavy atom. The highest BCUT2D eigenvalue weighted by Gasteiger charge is 2.41. The van der Waals surface area contributed by atoms with Crippen LogP contribution in [0.1, 0.15) is 70.4 Å². The number of alkyl halides is 3. The molecule has 0 radical (unpaired) electrons. The zero-order valence-corrected chi connectivity index (χ0v) is 20.3. The molecule has 0 aliphatic carbocycles. The quantitative estimate of drug-likeness (QED) is 0.574. The van der Waals surface area contributed by atoms with E-state index in [1.165, 1.54) is 6.07 Å². The van der Waals surface area contributed by atoms with Crippen LogP contribution in [0.4, 0.5) is 28.6 Å². The third-order valence-electron chi connectivity index (χ3n) is 4.74. The van der Waals surface area contributed by atoms with Gasteiger partial charge < -0.3 is 14.4 Å². The number of nitrogens with zero attached hydrogens (tertiary/aromatic N) is 2. The molecule has 1 aliphatic heterocycles. The van der Waals surface area contributed by atoms with Crippen molar-refractivity contribution in [2.45, 2.75) is 78.2 Å². The summed E-state index contributed by atoms with van der Waals surface area (Å²) in [5, 5.41) is 2.17. The van der Waals surface area contributed by atoms with Crippen LogP contribution in [0.2, 0.25) is 0 Å². The number of Topliss-reactive ketones (excluding diaryl/α,β-unsaturated/α-hetero) is 1. The highest BCUT2D eigenvalue weighted by Crippen LogP contribution is 2.28. The van der Waals surface area contributed by atoms with Gasteiger partial charge in [-0.15, -0.1) is 0 Å². The van der Waals surface area contributed by atoms with Crippen molar-refractivity contribution in [3.05, 3.63) is 23.4 Å². The van der Waals surface area contributed by atoms with Crippen molar-refractivity contribution in [3.8, 4) is 0 Å². The summed E-state index contributed by atoms with van der Waals surface area (Å²) in [6, 6.07) is 2.32. The Morgan fingerprint density at radius 1 is 1.06 bits per heavy atom. The molecule has 1 unspecified atom stereocenters. The van der Waals surface area contributed by atoms with Gasteiger partial charge in [0.15, 0.2) is 0 Å². The van der Waals surface area contributed by atoms with Crippen molar-refractivity contribution < 1.29 is 37.0 Å². The lowest BCUT2D eigenvalue weighted by Crippen LogP contribution is -2.43. The first kappa shape index (κ1) is 27.4. The van der Waals surface area contributed by atoms with E-state index in [0.29, 0.717) is 25.2 Å². The van der Waals surface area contributed by atoms with Gasteiger partial charge >= 0.3 is 18.4 Å². The average Bonchev–Trinajstić information content (AvgIpc) is 2.64. The maximum Gasteiger partial charge on any atom is 0.455 e. The Hall–Kier alpha value is -2.85.